The van der Waals surface area contributed by atoms with E-state index >= 15 is 0 Å². The van der Waals surface area contributed by atoms with Gasteiger partial charge in [-0.05, 0) is 58.6 Å². The van der Waals surface area contributed by atoms with Gasteiger partial charge >= 0.3 is 6.09 Å². The van der Waals surface area contributed by atoms with Gasteiger partial charge in [0.05, 0.1) is 10.6 Å². The lowest BCUT2D eigenvalue weighted by atomic mass is 9.95. The molecule has 168 valence electrons. The minimum Gasteiger partial charge on any atom is -0.444 e. The number of amides is 2. The molecule has 7 nitrogen and oxygen atoms in total. The van der Waals surface area contributed by atoms with Crippen LogP contribution >= 0.6 is 11.6 Å². The average molecular weight is 452 g/mol. The molecule has 9 heteroatoms. The van der Waals surface area contributed by atoms with Crippen molar-refractivity contribution in [3.8, 4) is 11.3 Å². The van der Waals surface area contributed by atoms with Crippen LogP contribution in [0, 0.1) is 18.7 Å². The Bertz CT molecular complexity index is 942. The van der Waals surface area contributed by atoms with Gasteiger partial charge in [-0.3, -0.25) is 4.79 Å². The van der Waals surface area contributed by atoms with Gasteiger partial charge in [-0.15, -0.1) is 0 Å². The van der Waals surface area contributed by atoms with Gasteiger partial charge in [0, 0.05) is 19.6 Å². The number of alkyl carbamates (subject to hydrolysis) is 1. The number of hydrogen-bond donors (Lipinski definition) is 1. The minimum absolute atomic E-state index is 0.0563. The largest absolute Gasteiger partial charge is 0.444 e. The van der Waals surface area contributed by atoms with Crippen molar-refractivity contribution in [2.45, 2.75) is 46.1 Å². The first kappa shape index (κ1) is 23.1. The molecule has 1 aromatic carbocycles. The SMILES string of the molecule is Cc1onc(-c2c(F)cccc2Cl)c1C(=O)N1CCC(CNC(=O)OC(C)(C)C)CC1. The topological polar surface area (TPSA) is 84.7 Å². The second kappa shape index (κ2) is 9.26. The number of piperidine rings is 1. The Morgan fingerprint density at radius 2 is 2.00 bits per heavy atom. The number of ether oxygens (including phenoxy) is 1. The molecule has 0 spiro atoms. The van der Waals surface area contributed by atoms with Crippen molar-refractivity contribution in [2.24, 2.45) is 5.92 Å². The van der Waals surface area contributed by atoms with Gasteiger partial charge in [-0.2, -0.15) is 0 Å². The summed E-state index contributed by atoms with van der Waals surface area (Å²) in [6.45, 7) is 8.56. The summed E-state index contributed by atoms with van der Waals surface area (Å²) in [6.07, 6.45) is 1.00. The van der Waals surface area contributed by atoms with E-state index in [1.165, 1.54) is 12.1 Å². The Hall–Kier alpha value is -2.61. The highest BCUT2D eigenvalue weighted by Gasteiger charge is 2.31. The van der Waals surface area contributed by atoms with Gasteiger partial charge in [0.1, 0.15) is 28.4 Å². The highest BCUT2D eigenvalue weighted by molar-refractivity contribution is 6.33. The van der Waals surface area contributed by atoms with Gasteiger partial charge in [0.25, 0.3) is 5.91 Å². The zero-order chi connectivity index (χ0) is 22.8. The monoisotopic (exact) mass is 451 g/mol. The lowest BCUT2D eigenvalue weighted by Gasteiger charge is -2.32. The molecule has 1 saturated heterocycles. The summed E-state index contributed by atoms with van der Waals surface area (Å²) >= 11 is 6.16. The number of aromatic nitrogens is 1. The zero-order valence-corrected chi connectivity index (χ0v) is 18.9. The lowest BCUT2D eigenvalue weighted by molar-refractivity contribution is 0.0500. The Kier molecular flexibility index (Phi) is 6.89. The molecule has 0 saturated carbocycles. The van der Waals surface area contributed by atoms with Crippen LogP contribution < -0.4 is 5.32 Å². The predicted octanol–water partition coefficient (Wildman–Crippen LogP) is 4.82. The summed E-state index contributed by atoms with van der Waals surface area (Å²) in [7, 11) is 0. The first-order valence-corrected chi connectivity index (χ1v) is 10.6. The normalized spacial score (nSPS) is 15.1. The van der Waals surface area contributed by atoms with E-state index in [9.17, 15) is 14.0 Å². The van der Waals surface area contributed by atoms with E-state index in [-0.39, 0.29) is 33.7 Å². The Balaban J connectivity index is 1.65. The zero-order valence-electron chi connectivity index (χ0n) is 18.1. The average Bonchev–Trinajstić information content (AvgIpc) is 3.06. The second-order valence-corrected chi connectivity index (χ2v) is 9.08. The number of nitrogens with one attached hydrogen (secondary N) is 1. The van der Waals surface area contributed by atoms with Crippen molar-refractivity contribution in [3.05, 3.63) is 40.4 Å². The molecular weight excluding hydrogens is 425 g/mol. The highest BCUT2D eigenvalue weighted by Crippen LogP contribution is 2.34. The predicted molar refractivity (Wildman–Crippen MR) is 115 cm³/mol. The van der Waals surface area contributed by atoms with E-state index in [0.29, 0.717) is 25.4 Å². The summed E-state index contributed by atoms with van der Waals surface area (Å²) in [5.74, 6) is -0.290. The van der Waals surface area contributed by atoms with Crippen LogP contribution in [0.4, 0.5) is 9.18 Å². The maximum atomic E-state index is 14.4. The van der Waals surface area contributed by atoms with Crippen molar-refractivity contribution < 1.29 is 23.2 Å². The van der Waals surface area contributed by atoms with Gasteiger partial charge in [0.2, 0.25) is 0 Å². The van der Waals surface area contributed by atoms with E-state index in [4.69, 9.17) is 20.9 Å². The van der Waals surface area contributed by atoms with E-state index < -0.39 is 17.5 Å². The molecule has 31 heavy (non-hydrogen) atoms. The van der Waals surface area contributed by atoms with Gasteiger partial charge < -0.3 is 19.5 Å². The molecule has 2 amide bonds. The summed E-state index contributed by atoms with van der Waals surface area (Å²) in [5, 5.41) is 6.86. The quantitative estimate of drug-likeness (QED) is 0.720. The number of likely N-dealkylation sites (tertiary alicyclic amines) is 1. The van der Waals surface area contributed by atoms with Crippen molar-refractivity contribution in [1.82, 2.24) is 15.4 Å². The first-order chi connectivity index (χ1) is 14.6. The van der Waals surface area contributed by atoms with Gasteiger partial charge in [-0.25, -0.2) is 9.18 Å². The van der Waals surface area contributed by atoms with Gasteiger partial charge in [0.15, 0.2) is 0 Å². The number of carbonyl (C=O) groups is 2. The standard InChI is InChI=1S/C22H27ClFN3O4/c1-13-17(19(26-31-13)18-15(23)6-5-7-16(18)24)20(28)27-10-8-14(9-11-27)12-25-21(29)30-22(2,3)4/h5-7,14H,8-12H2,1-4H3,(H,25,29). The lowest BCUT2D eigenvalue weighted by Crippen LogP contribution is -2.42. The Labute approximate surface area is 185 Å². The first-order valence-electron chi connectivity index (χ1n) is 10.2. The number of carbonyl (C=O) groups excluding carboxylic acids is 2. The molecule has 1 N–H and O–H groups in total. The molecule has 1 aromatic heterocycles. The molecule has 0 radical (unpaired) electrons. The smallest absolute Gasteiger partial charge is 0.407 e. The molecular formula is C22H27ClFN3O4. The number of rotatable bonds is 4. The summed E-state index contributed by atoms with van der Waals surface area (Å²) in [4.78, 5) is 26.7. The van der Waals surface area contributed by atoms with E-state index in [1.807, 2.05) is 20.8 Å². The van der Waals surface area contributed by atoms with Crippen LogP contribution in [0.5, 0.6) is 0 Å². The summed E-state index contributed by atoms with van der Waals surface area (Å²) in [6, 6.07) is 4.30. The number of aryl methyl sites for hydroxylation is 1. The maximum Gasteiger partial charge on any atom is 0.407 e. The summed E-state index contributed by atoms with van der Waals surface area (Å²) in [5.41, 5.74) is -0.160. The molecule has 1 aliphatic rings. The van der Waals surface area contributed by atoms with Gasteiger partial charge in [-0.1, -0.05) is 22.8 Å². The van der Waals surface area contributed by atoms with Crippen LogP contribution in [0.2, 0.25) is 5.02 Å². The van der Waals surface area contributed by atoms with Crippen LogP contribution in [0.25, 0.3) is 11.3 Å². The molecule has 0 bridgehead atoms. The fourth-order valence-electron chi connectivity index (χ4n) is 3.56. The van der Waals surface area contributed by atoms with Crippen molar-refractivity contribution >= 4 is 23.6 Å². The second-order valence-electron chi connectivity index (χ2n) is 8.68. The van der Waals surface area contributed by atoms with Crippen molar-refractivity contribution in [3.63, 3.8) is 0 Å². The number of benzene rings is 1. The maximum absolute atomic E-state index is 14.4. The highest BCUT2D eigenvalue weighted by atomic mass is 35.5. The van der Waals surface area contributed by atoms with Crippen molar-refractivity contribution in [1.29, 1.82) is 0 Å². The third kappa shape index (κ3) is 5.55. The van der Waals surface area contributed by atoms with Crippen LogP contribution in [-0.2, 0) is 4.74 Å². The number of hydrogen-bond acceptors (Lipinski definition) is 5. The van der Waals surface area contributed by atoms with E-state index in [2.05, 4.69) is 10.5 Å². The minimum atomic E-state index is -0.568. The van der Waals surface area contributed by atoms with Crippen LogP contribution in [-0.4, -0.2) is 47.3 Å². The Morgan fingerprint density at radius 3 is 2.61 bits per heavy atom. The Morgan fingerprint density at radius 1 is 1.32 bits per heavy atom. The molecule has 0 aliphatic carbocycles. The molecule has 1 aliphatic heterocycles. The molecule has 2 aromatic rings. The molecule has 0 atom stereocenters. The molecule has 2 heterocycles. The third-order valence-electron chi connectivity index (χ3n) is 5.11. The fraction of sp³-hybridized carbons (Fsp3) is 0.500. The summed E-state index contributed by atoms with van der Waals surface area (Å²) < 4.78 is 24.9. The van der Waals surface area contributed by atoms with E-state index in [0.717, 1.165) is 12.8 Å². The fourth-order valence-corrected chi connectivity index (χ4v) is 3.81. The van der Waals surface area contributed by atoms with Crippen LogP contribution in [0.1, 0.15) is 49.7 Å². The van der Waals surface area contributed by atoms with Crippen LogP contribution in [0.15, 0.2) is 22.7 Å². The number of halogens is 2. The molecule has 1 fully saturated rings. The molecule has 0 unspecified atom stereocenters. The third-order valence-corrected chi connectivity index (χ3v) is 5.43. The van der Waals surface area contributed by atoms with E-state index in [1.54, 1.807) is 17.9 Å². The van der Waals surface area contributed by atoms with Crippen LogP contribution in [0.3, 0.4) is 0 Å². The molecule has 3 rings (SSSR count). The number of nitrogens with zero attached hydrogens (tertiary/aromatic N) is 2. The van der Waals surface area contributed by atoms with Crippen molar-refractivity contribution in [2.75, 3.05) is 19.6 Å².